The lowest BCUT2D eigenvalue weighted by Gasteiger charge is -2.15. The number of ether oxygens (including phenoxy) is 1. The zero-order chi connectivity index (χ0) is 14.8. The Kier molecular flexibility index (Phi) is 4.26. The van der Waals surface area contributed by atoms with E-state index in [0.29, 0.717) is 12.3 Å². The van der Waals surface area contributed by atoms with Gasteiger partial charge in [0.25, 0.3) is 0 Å². The summed E-state index contributed by atoms with van der Waals surface area (Å²) in [6.45, 7) is 5.24. The highest BCUT2D eigenvalue weighted by molar-refractivity contribution is 5.88. The SMILES string of the molecule is CC(C)(C)C(=O)OC(=O)CCC1Cc2ccccc2C1. The fraction of sp³-hybridized carbons (Fsp3) is 0.529. The van der Waals surface area contributed by atoms with Gasteiger partial charge in [-0.2, -0.15) is 0 Å². The Morgan fingerprint density at radius 3 is 2.20 bits per heavy atom. The highest BCUT2D eigenvalue weighted by Gasteiger charge is 2.27. The molecule has 3 heteroatoms. The Morgan fingerprint density at radius 1 is 1.15 bits per heavy atom. The molecule has 0 fully saturated rings. The average Bonchev–Trinajstić information content (AvgIpc) is 2.78. The van der Waals surface area contributed by atoms with E-state index in [2.05, 4.69) is 24.3 Å². The maximum Gasteiger partial charge on any atom is 0.318 e. The van der Waals surface area contributed by atoms with Crippen molar-refractivity contribution >= 4 is 11.9 Å². The van der Waals surface area contributed by atoms with E-state index < -0.39 is 17.4 Å². The Balaban J connectivity index is 1.77. The second-order valence-corrected chi connectivity index (χ2v) is 6.59. The highest BCUT2D eigenvalue weighted by atomic mass is 16.6. The van der Waals surface area contributed by atoms with Crippen LogP contribution in [-0.4, -0.2) is 11.9 Å². The smallest absolute Gasteiger partial charge is 0.318 e. The van der Waals surface area contributed by atoms with Crippen molar-refractivity contribution in [1.29, 1.82) is 0 Å². The molecule has 0 saturated carbocycles. The van der Waals surface area contributed by atoms with Crippen molar-refractivity contribution in [2.75, 3.05) is 0 Å². The maximum absolute atomic E-state index is 11.7. The molecule has 3 nitrogen and oxygen atoms in total. The minimum atomic E-state index is -0.626. The monoisotopic (exact) mass is 274 g/mol. The molecule has 0 unspecified atom stereocenters. The van der Waals surface area contributed by atoms with Gasteiger partial charge >= 0.3 is 11.9 Å². The fourth-order valence-electron chi connectivity index (χ4n) is 2.48. The van der Waals surface area contributed by atoms with Gasteiger partial charge in [-0.15, -0.1) is 0 Å². The van der Waals surface area contributed by atoms with E-state index in [1.807, 2.05) is 0 Å². The summed E-state index contributed by atoms with van der Waals surface area (Å²) in [7, 11) is 0. The van der Waals surface area contributed by atoms with Crippen molar-refractivity contribution in [2.24, 2.45) is 11.3 Å². The predicted octanol–water partition coefficient (Wildman–Crippen LogP) is 3.30. The Bertz CT molecular complexity index is 486. The Labute approximate surface area is 120 Å². The quantitative estimate of drug-likeness (QED) is 0.627. The lowest BCUT2D eigenvalue weighted by molar-refractivity contribution is -0.165. The maximum atomic E-state index is 11.7. The first-order valence-corrected chi connectivity index (χ1v) is 7.18. The lowest BCUT2D eigenvalue weighted by Crippen LogP contribution is -2.26. The van der Waals surface area contributed by atoms with Crippen molar-refractivity contribution in [3.8, 4) is 0 Å². The van der Waals surface area contributed by atoms with Crippen LogP contribution in [0.5, 0.6) is 0 Å². The topological polar surface area (TPSA) is 43.4 Å². The molecule has 0 N–H and O–H groups in total. The third-order valence-electron chi connectivity index (χ3n) is 3.71. The van der Waals surface area contributed by atoms with Gasteiger partial charge in [-0.25, -0.2) is 0 Å². The summed E-state index contributed by atoms with van der Waals surface area (Å²) in [6.07, 6.45) is 3.15. The molecule has 1 aliphatic rings. The van der Waals surface area contributed by atoms with E-state index in [4.69, 9.17) is 4.74 Å². The van der Waals surface area contributed by atoms with Crippen LogP contribution in [-0.2, 0) is 27.2 Å². The number of rotatable bonds is 3. The first-order valence-electron chi connectivity index (χ1n) is 7.18. The first kappa shape index (κ1) is 14.8. The molecular weight excluding hydrogens is 252 g/mol. The van der Waals surface area contributed by atoms with Gasteiger partial charge in [-0.05, 0) is 57.1 Å². The predicted molar refractivity (Wildman–Crippen MR) is 77.1 cm³/mol. The van der Waals surface area contributed by atoms with E-state index in [1.165, 1.54) is 11.1 Å². The van der Waals surface area contributed by atoms with Crippen LogP contribution in [0, 0.1) is 11.3 Å². The van der Waals surface area contributed by atoms with Crippen LogP contribution in [0.1, 0.15) is 44.7 Å². The number of hydrogen-bond acceptors (Lipinski definition) is 3. The fourth-order valence-corrected chi connectivity index (χ4v) is 2.48. The molecule has 0 bridgehead atoms. The van der Waals surface area contributed by atoms with Gasteiger partial charge in [0.1, 0.15) is 0 Å². The molecule has 2 rings (SSSR count). The van der Waals surface area contributed by atoms with Crippen LogP contribution in [0.15, 0.2) is 24.3 Å². The molecule has 1 aromatic carbocycles. The van der Waals surface area contributed by atoms with E-state index in [9.17, 15) is 9.59 Å². The van der Waals surface area contributed by atoms with E-state index in [-0.39, 0.29) is 0 Å². The summed E-state index contributed by atoms with van der Waals surface area (Å²) >= 11 is 0. The summed E-state index contributed by atoms with van der Waals surface area (Å²) in [5.74, 6) is -0.359. The van der Waals surface area contributed by atoms with Crippen molar-refractivity contribution in [3.63, 3.8) is 0 Å². The number of carbonyl (C=O) groups is 2. The summed E-state index contributed by atoms with van der Waals surface area (Å²) in [6, 6.07) is 8.41. The van der Waals surface area contributed by atoms with Gasteiger partial charge in [-0.1, -0.05) is 24.3 Å². The number of hydrogen-bond donors (Lipinski definition) is 0. The second kappa shape index (κ2) is 5.78. The number of fused-ring (bicyclic) bond motifs is 1. The number of esters is 2. The zero-order valence-corrected chi connectivity index (χ0v) is 12.4. The van der Waals surface area contributed by atoms with Crippen LogP contribution in [0.25, 0.3) is 0 Å². The largest absolute Gasteiger partial charge is 0.393 e. The minimum absolute atomic E-state index is 0.320. The normalized spacial score (nSPS) is 14.9. The molecular formula is C17H22O3. The summed E-state index contributed by atoms with van der Waals surface area (Å²) in [5.41, 5.74) is 2.15. The van der Waals surface area contributed by atoms with Gasteiger partial charge in [-0.3, -0.25) is 9.59 Å². The first-order chi connectivity index (χ1) is 9.36. The lowest BCUT2D eigenvalue weighted by atomic mass is 9.97. The van der Waals surface area contributed by atoms with Gasteiger partial charge in [0.05, 0.1) is 5.41 Å². The van der Waals surface area contributed by atoms with Gasteiger partial charge in [0.15, 0.2) is 0 Å². The highest BCUT2D eigenvalue weighted by Crippen LogP contribution is 2.29. The Morgan fingerprint density at radius 2 is 1.70 bits per heavy atom. The Hall–Kier alpha value is -1.64. The van der Waals surface area contributed by atoms with Crippen molar-refractivity contribution in [1.82, 2.24) is 0 Å². The van der Waals surface area contributed by atoms with Gasteiger partial charge in [0, 0.05) is 6.42 Å². The molecule has 0 heterocycles. The standard InChI is InChI=1S/C17H22O3/c1-17(2,3)16(19)20-15(18)9-8-12-10-13-6-4-5-7-14(13)11-12/h4-7,12H,8-11H2,1-3H3. The second-order valence-electron chi connectivity index (χ2n) is 6.59. The molecule has 0 spiro atoms. The van der Waals surface area contributed by atoms with E-state index >= 15 is 0 Å². The van der Waals surface area contributed by atoms with Crippen LogP contribution in [0.3, 0.4) is 0 Å². The third kappa shape index (κ3) is 3.69. The molecule has 0 aliphatic heterocycles. The molecule has 0 amide bonds. The number of carbonyl (C=O) groups excluding carboxylic acids is 2. The van der Waals surface area contributed by atoms with Crippen molar-refractivity contribution in [2.45, 2.75) is 46.5 Å². The van der Waals surface area contributed by atoms with Crippen LogP contribution < -0.4 is 0 Å². The summed E-state index contributed by atoms with van der Waals surface area (Å²) < 4.78 is 4.87. The van der Waals surface area contributed by atoms with Crippen molar-refractivity contribution in [3.05, 3.63) is 35.4 Å². The molecule has 108 valence electrons. The molecule has 0 aromatic heterocycles. The summed E-state index contributed by atoms with van der Waals surface area (Å²) in [5, 5.41) is 0. The zero-order valence-electron chi connectivity index (χ0n) is 12.4. The van der Waals surface area contributed by atoms with Crippen LogP contribution in [0.2, 0.25) is 0 Å². The molecule has 20 heavy (non-hydrogen) atoms. The van der Waals surface area contributed by atoms with E-state index in [1.54, 1.807) is 20.8 Å². The molecule has 0 radical (unpaired) electrons. The summed E-state index contributed by atoms with van der Waals surface area (Å²) in [4.78, 5) is 23.3. The minimum Gasteiger partial charge on any atom is -0.393 e. The van der Waals surface area contributed by atoms with Crippen LogP contribution >= 0.6 is 0 Å². The van der Waals surface area contributed by atoms with E-state index in [0.717, 1.165) is 19.3 Å². The van der Waals surface area contributed by atoms with Crippen molar-refractivity contribution < 1.29 is 14.3 Å². The molecule has 0 atom stereocenters. The number of benzene rings is 1. The molecule has 0 saturated heterocycles. The van der Waals surface area contributed by atoms with Gasteiger partial charge < -0.3 is 4.74 Å². The molecule has 1 aromatic rings. The third-order valence-corrected chi connectivity index (χ3v) is 3.71. The average molecular weight is 274 g/mol. The molecule has 1 aliphatic carbocycles. The van der Waals surface area contributed by atoms with Crippen LogP contribution in [0.4, 0.5) is 0 Å². The van der Waals surface area contributed by atoms with Gasteiger partial charge in [0.2, 0.25) is 0 Å².